The third-order valence-corrected chi connectivity index (χ3v) is 5.46. The van der Waals surface area contributed by atoms with E-state index in [0.29, 0.717) is 28.2 Å². The van der Waals surface area contributed by atoms with Gasteiger partial charge in [-0.3, -0.25) is 4.79 Å². The number of benzene rings is 2. The summed E-state index contributed by atoms with van der Waals surface area (Å²) in [7, 11) is 0. The van der Waals surface area contributed by atoms with E-state index in [9.17, 15) is 13.6 Å². The van der Waals surface area contributed by atoms with Gasteiger partial charge >= 0.3 is 0 Å². The molecule has 2 aromatic carbocycles. The van der Waals surface area contributed by atoms with Gasteiger partial charge in [-0.1, -0.05) is 41.7 Å². The van der Waals surface area contributed by atoms with Crippen LogP contribution in [0.1, 0.15) is 0 Å². The van der Waals surface area contributed by atoms with E-state index in [1.165, 1.54) is 12.1 Å². The van der Waals surface area contributed by atoms with Gasteiger partial charge < -0.3 is 14.7 Å². The number of amides is 1. The summed E-state index contributed by atoms with van der Waals surface area (Å²) in [4.78, 5) is 15.7. The van der Waals surface area contributed by atoms with Crippen molar-refractivity contribution >= 4 is 46.0 Å². The lowest BCUT2D eigenvalue weighted by atomic mass is 10.2. The zero-order chi connectivity index (χ0) is 20.2. The molecule has 148 valence electrons. The second-order valence-electron chi connectivity index (χ2n) is 5.86. The second-order valence-corrected chi connectivity index (χ2v) is 7.85. The minimum atomic E-state index is -2.48. The molecular weight excluding hydrogens is 418 g/mol. The number of nitrogens with zero attached hydrogens (tertiary/aromatic N) is 2. The number of fused-ring (bicyclic) bond motifs is 1. The summed E-state index contributed by atoms with van der Waals surface area (Å²) in [5, 5.41) is 12.0. The molecule has 0 saturated heterocycles. The van der Waals surface area contributed by atoms with Crippen LogP contribution in [0.3, 0.4) is 0 Å². The SMILES string of the molecule is O=C(CSc1nnc(-c2c[nH]c3ccccc23)o1)Nc1ccc(SC(F)F)cc1. The van der Waals surface area contributed by atoms with Gasteiger partial charge in [0.1, 0.15) is 0 Å². The monoisotopic (exact) mass is 432 g/mol. The summed E-state index contributed by atoms with van der Waals surface area (Å²) in [5.74, 6) is -2.30. The molecule has 0 atom stereocenters. The Hall–Kier alpha value is -2.85. The molecule has 0 aliphatic rings. The van der Waals surface area contributed by atoms with E-state index < -0.39 is 5.76 Å². The maximum atomic E-state index is 12.3. The van der Waals surface area contributed by atoms with Gasteiger partial charge in [0.15, 0.2) is 0 Å². The number of aromatic nitrogens is 3. The molecule has 0 aliphatic carbocycles. The fourth-order valence-electron chi connectivity index (χ4n) is 2.67. The summed E-state index contributed by atoms with van der Waals surface area (Å²) in [6.45, 7) is 0. The smallest absolute Gasteiger partial charge is 0.288 e. The number of thioether (sulfide) groups is 2. The van der Waals surface area contributed by atoms with Crippen molar-refractivity contribution < 1.29 is 18.0 Å². The van der Waals surface area contributed by atoms with Crippen LogP contribution in [0.4, 0.5) is 14.5 Å². The minimum absolute atomic E-state index is 0.0725. The van der Waals surface area contributed by atoms with E-state index in [1.807, 2.05) is 24.3 Å². The second kappa shape index (κ2) is 8.66. The van der Waals surface area contributed by atoms with Crippen LogP contribution >= 0.6 is 23.5 Å². The molecule has 2 N–H and O–H groups in total. The van der Waals surface area contributed by atoms with Crippen molar-refractivity contribution in [2.75, 3.05) is 11.1 Å². The Morgan fingerprint density at radius 2 is 1.93 bits per heavy atom. The Bertz CT molecular complexity index is 1130. The van der Waals surface area contributed by atoms with E-state index in [2.05, 4.69) is 20.5 Å². The average Bonchev–Trinajstić information content (AvgIpc) is 3.34. The topological polar surface area (TPSA) is 83.8 Å². The summed E-state index contributed by atoms with van der Waals surface area (Å²) in [5.41, 5.74) is 2.29. The van der Waals surface area contributed by atoms with Gasteiger partial charge in [0.2, 0.25) is 5.91 Å². The number of carbonyl (C=O) groups is 1. The molecule has 6 nitrogen and oxygen atoms in total. The Balaban J connectivity index is 1.34. The van der Waals surface area contributed by atoms with Crippen LogP contribution in [0.2, 0.25) is 0 Å². The maximum Gasteiger partial charge on any atom is 0.288 e. The third kappa shape index (κ3) is 4.77. The molecule has 2 aromatic heterocycles. The van der Waals surface area contributed by atoms with Gasteiger partial charge in [0, 0.05) is 27.7 Å². The zero-order valence-electron chi connectivity index (χ0n) is 14.8. The zero-order valence-corrected chi connectivity index (χ0v) is 16.4. The van der Waals surface area contributed by atoms with Gasteiger partial charge in [0.25, 0.3) is 16.9 Å². The maximum absolute atomic E-state index is 12.3. The number of para-hydroxylation sites is 1. The van der Waals surface area contributed by atoms with Crippen LogP contribution in [0.5, 0.6) is 0 Å². The molecule has 2 heterocycles. The predicted molar refractivity (Wildman–Crippen MR) is 109 cm³/mol. The summed E-state index contributed by atoms with van der Waals surface area (Å²) >= 11 is 1.57. The highest BCUT2D eigenvalue weighted by atomic mass is 32.2. The standard InChI is InChI=1S/C19H14F2N4O2S2/c20-18(21)29-12-7-5-11(6-8-12)23-16(26)10-28-19-25-24-17(27-19)14-9-22-15-4-2-1-3-13(14)15/h1-9,18,22H,10H2,(H,23,26). The highest BCUT2D eigenvalue weighted by Gasteiger charge is 2.14. The van der Waals surface area contributed by atoms with Crippen molar-refractivity contribution in [3.63, 3.8) is 0 Å². The first kappa shape index (κ1) is 19.5. The molecular formula is C19H14F2N4O2S2. The van der Waals surface area contributed by atoms with Crippen LogP contribution in [0, 0.1) is 0 Å². The molecule has 1 amide bonds. The Kier molecular flexibility index (Phi) is 5.81. The molecule has 4 rings (SSSR count). The van der Waals surface area contributed by atoms with Crippen molar-refractivity contribution in [3.8, 4) is 11.5 Å². The Labute approximate surface area is 172 Å². The normalized spacial score (nSPS) is 11.3. The summed E-state index contributed by atoms with van der Waals surface area (Å²) in [6, 6.07) is 14.0. The van der Waals surface area contributed by atoms with Crippen LogP contribution in [-0.4, -0.2) is 32.6 Å². The average molecular weight is 432 g/mol. The van der Waals surface area contributed by atoms with E-state index in [4.69, 9.17) is 4.42 Å². The van der Waals surface area contributed by atoms with Crippen LogP contribution in [0.25, 0.3) is 22.4 Å². The molecule has 0 fully saturated rings. The number of aromatic amines is 1. The molecule has 10 heteroatoms. The molecule has 0 radical (unpaired) electrons. The van der Waals surface area contributed by atoms with Gasteiger partial charge in [0.05, 0.1) is 11.3 Å². The fraction of sp³-hybridized carbons (Fsp3) is 0.105. The Morgan fingerprint density at radius 3 is 2.72 bits per heavy atom. The van der Waals surface area contributed by atoms with Gasteiger partial charge in [-0.25, -0.2) is 0 Å². The first-order chi connectivity index (χ1) is 14.1. The number of hydrogen-bond donors (Lipinski definition) is 2. The largest absolute Gasteiger partial charge is 0.411 e. The molecule has 4 aromatic rings. The number of carbonyl (C=O) groups excluding carboxylic acids is 1. The van der Waals surface area contributed by atoms with Crippen molar-refractivity contribution in [3.05, 3.63) is 54.7 Å². The van der Waals surface area contributed by atoms with Crippen LogP contribution in [-0.2, 0) is 4.79 Å². The van der Waals surface area contributed by atoms with E-state index in [1.54, 1.807) is 18.3 Å². The lowest BCUT2D eigenvalue weighted by molar-refractivity contribution is -0.113. The number of nitrogens with one attached hydrogen (secondary N) is 2. The Morgan fingerprint density at radius 1 is 1.14 bits per heavy atom. The lowest BCUT2D eigenvalue weighted by Crippen LogP contribution is -2.13. The lowest BCUT2D eigenvalue weighted by Gasteiger charge is -2.05. The number of anilines is 1. The number of halogens is 2. The first-order valence-corrected chi connectivity index (χ1v) is 10.3. The van der Waals surface area contributed by atoms with Crippen molar-refractivity contribution in [2.45, 2.75) is 15.9 Å². The molecule has 29 heavy (non-hydrogen) atoms. The first-order valence-electron chi connectivity index (χ1n) is 8.46. The molecule has 0 unspecified atom stereocenters. The molecule has 0 bridgehead atoms. The quantitative estimate of drug-likeness (QED) is 0.388. The number of hydrogen-bond acceptors (Lipinski definition) is 6. The van der Waals surface area contributed by atoms with Crippen LogP contribution in [0.15, 0.2) is 69.3 Å². The van der Waals surface area contributed by atoms with Gasteiger partial charge in [-0.2, -0.15) is 8.78 Å². The molecule has 0 spiro atoms. The highest BCUT2D eigenvalue weighted by Crippen LogP contribution is 2.30. The number of H-pyrrole nitrogens is 1. The van der Waals surface area contributed by atoms with Gasteiger partial charge in [-0.05, 0) is 30.3 Å². The van der Waals surface area contributed by atoms with E-state index in [0.717, 1.165) is 28.2 Å². The highest BCUT2D eigenvalue weighted by molar-refractivity contribution is 7.99. The van der Waals surface area contributed by atoms with Crippen molar-refractivity contribution in [1.29, 1.82) is 0 Å². The molecule has 0 saturated carbocycles. The summed E-state index contributed by atoms with van der Waals surface area (Å²) in [6.07, 6.45) is 1.80. The number of rotatable bonds is 7. The van der Waals surface area contributed by atoms with Crippen molar-refractivity contribution in [2.24, 2.45) is 0 Å². The molecule has 0 aliphatic heterocycles. The number of alkyl halides is 2. The fourth-order valence-corrected chi connectivity index (χ4v) is 3.73. The van der Waals surface area contributed by atoms with Crippen molar-refractivity contribution in [1.82, 2.24) is 15.2 Å². The van der Waals surface area contributed by atoms with Gasteiger partial charge in [-0.15, -0.1) is 10.2 Å². The minimum Gasteiger partial charge on any atom is -0.411 e. The predicted octanol–water partition coefficient (Wildman–Crippen LogP) is 5.26. The summed E-state index contributed by atoms with van der Waals surface area (Å²) < 4.78 is 30.3. The third-order valence-electron chi connectivity index (χ3n) is 3.92. The van der Waals surface area contributed by atoms with E-state index in [-0.39, 0.29) is 16.9 Å². The van der Waals surface area contributed by atoms with E-state index >= 15 is 0 Å². The van der Waals surface area contributed by atoms with Crippen LogP contribution < -0.4 is 5.32 Å².